The molecule has 0 saturated carbocycles. The van der Waals surface area contributed by atoms with Crippen LogP contribution < -0.4 is 14.8 Å². The lowest BCUT2D eigenvalue weighted by molar-refractivity contribution is 0.0734. The van der Waals surface area contributed by atoms with Crippen molar-refractivity contribution >= 4 is 18.3 Å². The molecule has 1 aliphatic rings. The van der Waals surface area contributed by atoms with Crippen molar-refractivity contribution in [1.29, 1.82) is 0 Å². The highest BCUT2D eigenvalue weighted by Crippen LogP contribution is 2.30. The van der Waals surface area contributed by atoms with Gasteiger partial charge in [-0.15, -0.1) is 12.4 Å². The maximum atomic E-state index is 12.5. The lowest BCUT2D eigenvalue weighted by Gasteiger charge is -2.28. The van der Waals surface area contributed by atoms with Crippen LogP contribution in [0.2, 0.25) is 0 Å². The number of hydrogen-bond donors (Lipinski definition) is 1. The van der Waals surface area contributed by atoms with Crippen molar-refractivity contribution in [1.82, 2.24) is 10.2 Å². The van der Waals surface area contributed by atoms with Crippen molar-refractivity contribution in [3.63, 3.8) is 0 Å². The van der Waals surface area contributed by atoms with Crippen molar-refractivity contribution in [3.05, 3.63) is 23.3 Å². The monoisotopic (exact) mass is 300 g/mol. The number of nitrogens with one attached hydrogen (secondary N) is 1. The first-order chi connectivity index (χ1) is 9.17. The molecule has 1 aliphatic heterocycles. The smallest absolute Gasteiger partial charge is 0.254 e. The number of methoxy groups -OCH3 is 2. The van der Waals surface area contributed by atoms with Crippen LogP contribution in [0.3, 0.4) is 0 Å². The Labute approximate surface area is 125 Å². The van der Waals surface area contributed by atoms with Gasteiger partial charge >= 0.3 is 0 Å². The van der Waals surface area contributed by atoms with E-state index in [9.17, 15) is 4.79 Å². The molecule has 0 bridgehead atoms. The lowest BCUT2D eigenvalue weighted by Crippen LogP contribution is -2.46. The number of halogens is 1. The molecule has 20 heavy (non-hydrogen) atoms. The van der Waals surface area contributed by atoms with Gasteiger partial charge in [-0.25, -0.2) is 0 Å². The number of amides is 1. The molecule has 1 aromatic carbocycles. The molecule has 0 unspecified atom stereocenters. The molecule has 0 spiro atoms. The standard InChI is InChI=1S/C14H20N2O3.ClH/c1-10-8-12(18-2)13(19-3)9-11(10)14(17)16-6-4-15-5-7-16;/h8-9,15H,4-7H2,1-3H3;1H. The van der Waals surface area contributed by atoms with Crippen LogP contribution in [0.5, 0.6) is 11.5 Å². The second kappa shape index (κ2) is 7.36. The van der Waals surface area contributed by atoms with Gasteiger partial charge in [0.25, 0.3) is 5.91 Å². The van der Waals surface area contributed by atoms with Crippen molar-refractivity contribution in [2.75, 3.05) is 40.4 Å². The Balaban J connectivity index is 0.00000200. The zero-order chi connectivity index (χ0) is 13.8. The van der Waals surface area contributed by atoms with Crippen LogP contribution >= 0.6 is 12.4 Å². The average molecular weight is 301 g/mol. The quantitative estimate of drug-likeness (QED) is 0.919. The molecular weight excluding hydrogens is 280 g/mol. The Morgan fingerprint density at radius 3 is 2.25 bits per heavy atom. The van der Waals surface area contributed by atoms with Gasteiger partial charge in [0.05, 0.1) is 14.2 Å². The molecule has 1 N–H and O–H groups in total. The highest BCUT2D eigenvalue weighted by molar-refractivity contribution is 5.96. The molecular formula is C14H21ClN2O3. The molecule has 0 aliphatic carbocycles. The maximum Gasteiger partial charge on any atom is 0.254 e. The summed E-state index contributed by atoms with van der Waals surface area (Å²) in [5, 5.41) is 3.24. The Kier molecular flexibility index (Phi) is 6.10. The molecule has 112 valence electrons. The maximum absolute atomic E-state index is 12.5. The van der Waals surface area contributed by atoms with Crippen LogP contribution in [0.1, 0.15) is 15.9 Å². The summed E-state index contributed by atoms with van der Waals surface area (Å²) in [6.07, 6.45) is 0. The molecule has 1 saturated heterocycles. The summed E-state index contributed by atoms with van der Waals surface area (Å²) >= 11 is 0. The Morgan fingerprint density at radius 2 is 1.70 bits per heavy atom. The van der Waals surface area contributed by atoms with Gasteiger partial charge in [-0.3, -0.25) is 4.79 Å². The van der Waals surface area contributed by atoms with Crippen LogP contribution in [-0.2, 0) is 0 Å². The SMILES string of the molecule is COc1cc(C)c(C(=O)N2CCNCC2)cc1OC.Cl. The van der Waals surface area contributed by atoms with Gasteiger partial charge in [-0.05, 0) is 24.6 Å². The highest BCUT2D eigenvalue weighted by atomic mass is 35.5. The predicted octanol–water partition coefficient (Wildman–Crippen LogP) is 1.48. The van der Waals surface area contributed by atoms with Crippen LogP contribution in [-0.4, -0.2) is 51.2 Å². The fraction of sp³-hybridized carbons (Fsp3) is 0.500. The van der Waals surface area contributed by atoms with Gasteiger partial charge in [0, 0.05) is 31.7 Å². The average Bonchev–Trinajstić information content (AvgIpc) is 2.47. The molecule has 2 rings (SSSR count). The first-order valence-corrected chi connectivity index (χ1v) is 6.40. The molecule has 6 heteroatoms. The minimum Gasteiger partial charge on any atom is -0.493 e. The number of benzene rings is 1. The third kappa shape index (κ3) is 3.35. The molecule has 0 radical (unpaired) electrons. The van der Waals surface area contributed by atoms with E-state index in [2.05, 4.69) is 5.32 Å². The van der Waals surface area contributed by atoms with E-state index in [-0.39, 0.29) is 18.3 Å². The third-order valence-corrected chi connectivity index (χ3v) is 3.37. The van der Waals surface area contributed by atoms with Crippen molar-refractivity contribution in [2.24, 2.45) is 0 Å². The summed E-state index contributed by atoms with van der Waals surface area (Å²) in [5.74, 6) is 1.29. The van der Waals surface area contributed by atoms with E-state index in [1.165, 1.54) is 0 Å². The number of hydrogen-bond acceptors (Lipinski definition) is 4. The molecule has 5 nitrogen and oxygen atoms in total. The number of carbonyl (C=O) groups excluding carboxylic acids is 1. The van der Waals surface area contributed by atoms with Crippen LogP contribution in [0.15, 0.2) is 12.1 Å². The third-order valence-electron chi connectivity index (χ3n) is 3.37. The van der Waals surface area contributed by atoms with E-state index in [4.69, 9.17) is 9.47 Å². The topological polar surface area (TPSA) is 50.8 Å². The lowest BCUT2D eigenvalue weighted by atomic mass is 10.1. The van der Waals surface area contributed by atoms with Crippen molar-refractivity contribution in [2.45, 2.75) is 6.92 Å². The summed E-state index contributed by atoms with van der Waals surface area (Å²) in [4.78, 5) is 14.4. The number of carbonyl (C=O) groups is 1. The van der Waals surface area contributed by atoms with Gasteiger partial charge in [-0.2, -0.15) is 0 Å². The van der Waals surface area contributed by atoms with E-state index in [1.807, 2.05) is 17.9 Å². The van der Waals surface area contributed by atoms with E-state index in [0.717, 1.165) is 31.7 Å². The highest BCUT2D eigenvalue weighted by Gasteiger charge is 2.21. The molecule has 1 aromatic rings. The fourth-order valence-corrected chi connectivity index (χ4v) is 2.25. The largest absolute Gasteiger partial charge is 0.493 e. The summed E-state index contributed by atoms with van der Waals surface area (Å²) < 4.78 is 10.5. The van der Waals surface area contributed by atoms with Crippen LogP contribution in [0.25, 0.3) is 0 Å². The van der Waals surface area contributed by atoms with Gasteiger partial charge in [0.15, 0.2) is 11.5 Å². The first-order valence-electron chi connectivity index (χ1n) is 6.40. The number of nitrogens with zero attached hydrogens (tertiary/aromatic N) is 1. The molecule has 1 fully saturated rings. The molecule has 0 aromatic heterocycles. The summed E-state index contributed by atoms with van der Waals surface area (Å²) in [7, 11) is 3.17. The van der Waals surface area contributed by atoms with Crippen LogP contribution in [0, 0.1) is 6.92 Å². The van der Waals surface area contributed by atoms with Crippen molar-refractivity contribution in [3.8, 4) is 11.5 Å². The Bertz CT molecular complexity index is 474. The minimum absolute atomic E-state index is 0. The Morgan fingerprint density at radius 1 is 1.15 bits per heavy atom. The van der Waals surface area contributed by atoms with E-state index in [0.29, 0.717) is 17.1 Å². The normalized spacial score (nSPS) is 14.4. The van der Waals surface area contributed by atoms with E-state index < -0.39 is 0 Å². The number of piperazine rings is 1. The zero-order valence-corrected chi connectivity index (χ0v) is 12.9. The van der Waals surface area contributed by atoms with Gasteiger partial charge in [0.1, 0.15) is 0 Å². The first kappa shape index (κ1) is 16.6. The number of ether oxygens (including phenoxy) is 2. The molecule has 0 atom stereocenters. The van der Waals surface area contributed by atoms with Gasteiger partial charge < -0.3 is 19.7 Å². The zero-order valence-electron chi connectivity index (χ0n) is 12.1. The number of rotatable bonds is 3. The predicted molar refractivity (Wildman–Crippen MR) is 80.3 cm³/mol. The van der Waals surface area contributed by atoms with Crippen molar-refractivity contribution < 1.29 is 14.3 Å². The Hall–Kier alpha value is -1.46. The molecule has 1 heterocycles. The summed E-state index contributed by atoms with van der Waals surface area (Å²) in [6, 6.07) is 3.60. The van der Waals surface area contributed by atoms with E-state index >= 15 is 0 Å². The van der Waals surface area contributed by atoms with Crippen LogP contribution in [0.4, 0.5) is 0 Å². The van der Waals surface area contributed by atoms with E-state index in [1.54, 1.807) is 20.3 Å². The molecule has 1 amide bonds. The minimum atomic E-state index is 0. The van der Waals surface area contributed by atoms with Gasteiger partial charge in [0.2, 0.25) is 0 Å². The number of aryl methyl sites for hydroxylation is 1. The second-order valence-corrected chi connectivity index (χ2v) is 4.56. The summed E-state index contributed by atoms with van der Waals surface area (Å²) in [6.45, 7) is 5.09. The summed E-state index contributed by atoms with van der Waals surface area (Å²) in [5.41, 5.74) is 1.58. The van der Waals surface area contributed by atoms with Gasteiger partial charge in [-0.1, -0.05) is 0 Å². The fourth-order valence-electron chi connectivity index (χ4n) is 2.25. The second-order valence-electron chi connectivity index (χ2n) is 4.56.